The summed E-state index contributed by atoms with van der Waals surface area (Å²) in [6, 6.07) is 4.58. The third-order valence-corrected chi connectivity index (χ3v) is 2.74. The van der Waals surface area contributed by atoms with Crippen LogP contribution in [0.3, 0.4) is 0 Å². The Morgan fingerprint density at radius 3 is 2.69 bits per heavy atom. The second kappa shape index (κ2) is 5.30. The molecule has 0 aliphatic carbocycles. The molecule has 0 atom stereocenters. The van der Waals surface area contributed by atoms with Crippen LogP contribution < -0.4 is 10.5 Å². The first-order valence-corrected chi connectivity index (χ1v) is 5.54. The summed E-state index contributed by atoms with van der Waals surface area (Å²) in [6.07, 6.45) is 0.861. The normalized spacial score (nSPS) is 11.6. The van der Waals surface area contributed by atoms with Gasteiger partial charge < -0.3 is 10.5 Å². The molecular formula is C13H20FNO. The van der Waals surface area contributed by atoms with E-state index in [2.05, 4.69) is 13.8 Å². The van der Waals surface area contributed by atoms with Gasteiger partial charge in [0, 0.05) is 6.07 Å². The number of hydrogen-bond acceptors (Lipinski definition) is 2. The maximum Gasteiger partial charge on any atom is 0.126 e. The fourth-order valence-corrected chi connectivity index (χ4v) is 1.27. The highest BCUT2D eigenvalue weighted by atomic mass is 19.1. The van der Waals surface area contributed by atoms with Crippen molar-refractivity contribution in [3.63, 3.8) is 0 Å². The molecule has 2 nitrogen and oxygen atoms in total. The first kappa shape index (κ1) is 13.0. The summed E-state index contributed by atoms with van der Waals surface area (Å²) in [7, 11) is 0. The van der Waals surface area contributed by atoms with Gasteiger partial charge in [-0.2, -0.15) is 0 Å². The predicted molar refractivity (Wildman–Crippen MR) is 64.1 cm³/mol. The summed E-state index contributed by atoms with van der Waals surface area (Å²) >= 11 is 0. The topological polar surface area (TPSA) is 35.2 Å². The third kappa shape index (κ3) is 3.81. The van der Waals surface area contributed by atoms with E-state index in [0.717, 1.165) is 12.0 Å². The summed E-state index contributed by atoms with van der Waals surface area (Å²) in [5, 5.41) is 0. The molecule has 0 spiro atoms. The van der Waals surface area contributed by atoms with Crippen LogP contribution in [0.5, 0.6) is 5.75 Å². The van der Waals surface area contributed by atoms with Crippen molar-refractivity contribution >= 4 is 0 Å². The molecule has 1 aromatic rings. The molecule has 0 aliphatic rings. The molecule has 0 radical (unpaired) electrons. The summed E-state index contributed by atoms with van der Waals surface area (Å²) in [4.78, 5) is 0. The van der Waals surface area contributed by atoms with E-state index < -0.39 is 0 Å². The fourth-order valence-electron chi connectivity index (χ4n) is 1.27. The van der Waals surface area contributed by atoms with E-state index in [1.807, 2.05) is 6.92 Å². The Kier molecular flexibility index (Phi) is 4.30. The zero-order chi connectivity index (χ0) is 12.2. The molecule has 3 heteroatoms. The summed E-state index contributed by atoms with van der Waals surface area (Å²) in [5.74, 6) is 0.353. The molecule has 0 unspecified atom stereocenters. The zero-order valence-electron chi connectivity index (χ0n) is 10.2. The molecule has 1 aromatic carbocycles. The Hall–Kier alpha value is -1.09. The first-order chi connectivity index (χ1) is 7.44. The van der Waals surface area contributed by atoms with Gasteiger partial charge in [0.25, 0.3) is 0 Å². The van der Waals surface area contributed by atoms with E-state index in [9.17, 15) is 4.39 Å². The van der Waals surface area contributed by atoms with Crippen molar-refractivity contribution < 1.29 is 9.13 Å². The third-order valence-electron chi connectivity index (χ3n) is 2.74. The Morgan fingerprint density at radius 2 is 2.06 bits per heavy atom. The van der Waals surface area contributed by atoms with Crippen LogP contribution in [0.15, 0.2) is 18.2 Å². The quantitative estimate of drug-likeness (QED) is 0.836. The lowest BCUT2D eigenvalue weighted by Gasteiger charge is -2.22. The average Bonchev–Trinajstić information content (AvgIpc) is 2.23. The van der Waals surface area contributed by atoms with Crippen LogP contribution in [0.2, 0.25) is 0 Å². The van der Waals surface area contributed by atoms with Crippen molar-refractivity contribution in [2.75, 3.05) is 13.2 Å². The predicted octanol–water partition coefficient (Wildman–Crippen LogP) is 2.89. The number of benzene rings is 1. The van der Waals surface area contributed by atoms with Crippen molar-refractivity contribution in [2.24, 2.45) is 11.1 Å². The summed E-state index contributed by atoms with van der Waals surface area (Å²) in [5.41, 5.74) is 6.65. The molecular weight excluding hydrogens is 205 g/mol. The molecule has 0 saturated carbocycles. The number of hydrogen-bond donors (Lipinski definition) is 1. The first-order valence-electron chi connectivity index (χ1n) is 5.54. The van der Waals surface area contributed by atoms with Gasteiger partial charge in [-0.15, -0.1) is 0 Å². The largest absolute Gasteiger partial charge is 0.493 e. The molecule has 2 N–H and O–H groups in total. The van der Waals surface area contributed by atoms with Gasteiger partial charge in [0.2, 0.25) is 0 Å². The number of nitrogens with two attached hydrogens (primary N) is 1. The average molecular weight is 225 g/mol. The zero-order valence-corrected chi connectivity index (χ0v) is 10.2. The van der Waals surface area contributed by atoms with Gasteiger partial charge in [-0.1, -0.05) is 19.9 Å². The molecule has 0 saturated heterocycles. The van der Waals surface area contributed by atoms with Crippen molar-refractivity contribution in [1.82, 2.24) is 0 Å². The number of halogens is 1. The van der Waals surface area contributed by atoms with Crippen LogP contribution in [0.1, 0.15) is 25.8 Å². The lowest BCUT2D eigenvalue weighted by Crippen LogP contribution is -2.25. The Balaban J connectivity index is 2.52. The molecule has 0 heterocycles. The standard InChI is InChI=1S/C13H20FNO/c1-10-4-5-11(14)8-12(10)16-7-6-13(2,3)9-15/h4-5,8H,6-7,9,15H2,1-3H3. The van der Waals surface area contributed by atoms with Crippen LogP contribution >= 0.6 is 0 Å². The van der Waals surface area contributed by atoms with Crippen molar-refractivity contribution in [3.05, 3.63) is 29.6 Å². The van der Waals surface area contributed by atoms with E-state index in [1.54, 1.807) is 6.07 Å². The van der Waals surface area contributed by atoms with Crippen LogP contribution in [0, 0.1) is 18.2 Å². The lowest BCUT2D eigenvalue weighted by molar-refractivity contribution is 0.232. The number of aryl methyl sites for hydroxylation is 1. The molecule has 16 heavy (non-hydrogen) atoms. The smallest absolute Gasteiger partial charge is 0.126 e. The van der Waals surface area contributed by atoms with Gasteiger partial charge >= 0.3 is 0 Å². The maximum absolute atomic E-state index is 13.0. The fraction of sp³-hybridized carbons (Fsp3) is 0.538. The van der Waals surface area contributed by atoms with Gasteiger partial charge in [0.1, 0.15) is 11.6 Å². The van der Waals surface area contributed by atoms with Crippen LogP contribution in [-0.2, 0) is 0 Å². The molecule has 0 aliphatic heterocycles. The van der Waals surface area contributed by atoms with Gasteiger partial charge in [-0.3, -0.25) is 0 Å². The second-order valence-corrected chi connectivity index (χ2v) is 4.88. The Bertz CT molecular complexity index is 350. The highest BCUT2D eigenvalue weighted by Gasteiger charge is 2.15. The van der Waals surface area contributed by atoms with E-state index in [1.165, 1.54) is 12.1 Å². The Morgan fingerprint density at radius 1 is 1.38 bits per heavy atom. The van der Waals surface area contributed by atoms with E-state index >= 15 is 0 Å². The van der Waals surface area contributed by atoms with Crippen LogP contribution in [-0.4, -0.2) is 13.2 Å². The van der Waals surface area contributed by atoms with Gasteiger partial charge in [-0.25, -0.2) is 4.39 Å². The van der Waals surface area contributed by atoms with E-state index in [0.29, 0.717) is 18.9 Å². The molecule has 0 fully saturated rings. The number of rotatable bonds is 5. The Labute approximate surface area is 96.6 Å². The lowest BCUT2D eigenvalue weighted by atomic mass is 9.90. The summed E-state index contributed by atoms with van der Waals surface area (Å²) < 4.78 is 18.5. The van der Waals surface area contributed by atoms with Gasteiger partial charge in [0.15, 0.2) is 0 Å². The van der Waals surface area contributed by atoms with E-state index in [4.69, 9.17) is 10.5 Å². The summed E-state index contributed by atoms with van der Waals surface area (Å²) in [6.45, 7) is 7.28. The van der Waals surface area contributed by atoms with Gasteiger partial charge in [0.05, 0.1) is 6.61 Å². The van der Waals surface area contributed by atoms with Crippen molar-refractivity contribution in [1.29, 1.82) is 0 Å². The number of ether oxygens (including phenoxy) is 1. The highest BCUT2D eigenvalue weighted by Crippen LogP contribution is 2.22. The maximum atomic E-state index is 13.0. The van der Waals surface area contributed by atoms with Gasteiger partial charge in [-0.05, 0) is 36.9 Å². The highest BCUT2D eigenvalue weighted by molar-refractivity contribution is 5.32. The minimum atomic E-state index is -0.265. The van der Waals surface area contributed by atoms with Crippen LogP contribution in [0.25, 0.3) is 0 Å². The monoisotopic (exact) mass is 225 g/mol. The second-order valence-electron chi connectivity index (χ2n) is 4.88. The minimum Gasteiger partial charge on any atom is -0.493 e. The SMILES string of the molecule is Cc1ccc(F)cc1OCCC(C)(C)CN. The molecule has 0 bridgehead atoms. The van der Waals surface area contributed by atoms with Crippen molar-refractivity contribution in [2.45, 2.75) is 27.2 Å². The molecule has 1 rings (SSSR count). The van der Waals surface area contributed by atoms with Crippen molar-refractivity contribution in [3.8, 4) is 5.75 Å². The molecule has 0 amide bonds. The molecule has 90 valence electrons. The molecule has 0 aromatic heterocycles. The minimum absolute atomic E-state index is 0.0707. The van der Waals surface area contributed by atoms with E-state index in [-0.39, 0.29) is 11.2 Å². The van der Waals surface area contributed by atoms with Crippen LogP contribution in [0.4, 0.5) is 4.39 Å².